The Balaban J connectivity index is 2.36. The zero-order valence-corrected chi connectivity index (χ0v) is 10.5. The highest BCUT2D eigenvalue weighted by atomic mass is 16.7. The SMILES string of the molecule is C=CCOC1C[C@@H](O)CC(COC(C)(C)O)O1. The lowest BCUT2D eigenvalue weighted by Crippen LogP contribution is -2.41. The second-order valence-electron chi connectivity index (χ2n) is 4.69. The van der Waals surface area contributed by atoms with Crippen LogP contribution in [-0.4, -0.2) is 47.7 Å². The first-order valence-electron chi connectivity index (χ1n) is 5.83. The average Bonchev–Trinajstić information content (AvgIpc) is 2.22. The van der Waals surface area contributed by atoms with Gasteiger partial charge in [-0.3, -0.25) is 0 Å². The Bertz CT molecular complexity index is 236. The molecule has 5 heteroatoms. The Labute approximate surface area is 102 Å². The lowest BCUT2D eigenvalue weighted by atomic mass is 10.1. The molecule has 2 N–H and O–H groups in total. The van der Waals surface area contributed by atoms with Crippen LogP contribution in [0.4, 0.5) is 0 Å². The maximum atomic E-state index is 9.67. The Morgan fingerprint density at radius 2 is 2.18 bits per heavy atom. The largest absolute Gasteiger partial charge is 0.393 e. The summed E-state index contributed by atoms with van der Waals surface area (Å²) in [6.45, 7) is 7.27. The van der Waals surface area contributed by atoms with E-state index < -0.39 is 18.2 Å². The fourth-order valence-electron chi connectivity index (χ4n) is 1.63. The van der Waals surface area contributed by atoms with E-state index in [2.05, 4.69) is 6.58 Å². The van der Waals surface area contributed by atoms with Crippen LogP contribution < -0.4 is 0 Å². The summed E-state index contributed by atoms with van der Waals surface area (Å²) < 4.78 is 16.1. The van der Waals surface area contributed by atoms with Crippen LogP contribution in [0.15, 0.2) is 12.7 Å². The minimum Gasteiger partial charge on any atom is -0.393 e. The van der Waals surface area contributed by atoms with Crippen molar-refractivity contribution in [1.82, 2.24) is 0 Å². The molecule has 17 heavy (non-hydrogen) atoms. The fraction of sp³-hybridized carbons (Fsp3) is 0.833. The summed E-state index contributed by atoms with van der Waals surface area (Å²) in [6, 6.07) is 0. The van der Waals surface area contributed by atoms with Gasteiger partial charge in [-0.2, -0.15) is 0 Å². The number of hydrogen-bond donors (Lipinski definition) is 2. The third-order valence-corrected chi connectivity index (χ3v) is 2.37. The van der Waals surface area contributed by atoms with Crippen LogP contribution in [0.25, 0.3) is 0 Å². The van der Waals surface area contributed by atoms with Gasteiger partial charge in [0.05, 0.1) is 25.4 Å². The summed E-state index contributed by atoms with van der Waals surface area (Å²) in [6.07, 6.45) is 1.41. The molecule has 3 atom stereocenters. The zero-order valence-electron chi connectivity index (χ0n) is 10.5. The average molecular weight is 246 g/mol. The Morgan fingerprint density at radius 3 is 2.76 bits per heavy atom. The monoisotopic (exact) mass is 246 g/mol. The summed E-state index contributed by atoms with van der Waals surface area (Å²) >= 11 is 0. The van der Waals surface area contributed by atoms with Crippen molar-refractivity contribution in [3.8, 4) is 0 Å². The summed E-state index contributed by atoms with van der Waals surface area (Å²) in [5, 5.41) is 19.1. The number of aliphatic hydroxyl groups excluding tert-OH is 1. The van der Waals surface area contributed by atoms with Crippen LogP contribution in [-0.2, 0) is 14.2 Å². The van der Waals surface area contributed by atoms with Gasteiger partial charge in [-0.15, -0.1) is 6.58 Å². The highest BCUT2D eigenvalue weighted by Gasteiger charge is 2.30. The summed E-state index contributed by atoms with van der Waals surface area (Å²) in [5.41, 5.74) is 0. The predicted octanol–water partition coefficient (Wildman–Crippen LogP) is 0.800. The Hall–Kier alpha value is -0.460. The van der Waals surface area contributed by atoms with Crippen molar-refractivity contribution in [3.05, 3.63) is 12.7 Å². The molecule has 0 saturated carbocycles. The molecule has 0 aromatic rings. The van der Waals surface area contributed by atoms with E-state index in [0.29, 0.717) is 19.4 Å². The molecule has 0 aromatic heterocycles. The van der Waals surface area contributed by atoms with Gasteiger partial charge in [0, 0.05) is 12.8 Å². The molecular formula is C12H22O5. The van der Waals surface area contributed by atoms with Gasteiger partial charge >= 0.3 is 0 Å². The maximum Gasteiger partial charge on any atom is 0.160 e. The Morgan fingerprint density at radius 1 is 1.47 bits per heavy atom. The zero-order chi connectivity index (χ0) is 12.9. The third-order valence-electron chi connectivity index (χ3n) is 2.37. The summed E-state index contributed by atoms with van der Waals surface area (Å²) in [4.78, 5) is 0. The number of rotatable bonds is 6. The van der Waals surface area contributed by atoms with E-state index in [9.17, 15) is 10.2 Å². The third kappa shape index (κ3) is 6.14. The van der Waals surface area contributed by atoms with Gasteiger partial charge in [0.15, 0.2) is 12.1 Å². The highest BCUT2D eigenvalue weighted by Crippen LogP contribution is 2.21. The fourth-order valence-corrected chi connectivity index (χ4v) is 1.63. The second kappa shape index (κ2) is 6.47. The molecule has 1 fully saturated rings. The Kier molecular flexibility index (Phi) is 5.55. The van der Waals surface area contributed by atoms with Crippen molar-refractivity contribution in [1.29, 1.82) is 0 Å². The molecule has 1 rings (SSSR count). The molecule has 0 aromatic carbocycles. The number of aliphatic hydroxyl groups is 2. The van der Waals surface area contributed by atoms with Crippen molar-refractivity contribution in [2.45, 2.75) is 51.0 Å². The van der Waals surface area contributed by atoms with Crippen LogP contribution in [0.2, 0.25) is 0 Å². The molecule has 1 heterocycles. The van der Waals surface area contributed by atoms with E-state index >= 15 is 0 Å². The molecule has 0 radical (unpaired) electrons. The quantitative estimate of drug-likeness (QED) is 0.536. The first-order valence-corrected chi connectivity index (χ1v) is 5.83. The van der Waals surface area contributed by atoms with Crippen molar-refractivity contribution < 1.29 is 24.4 Å². The minimum atomic E-state index is -1.19. The van der Waals surface area contributed by atoms with Gasteiger partial charge < -0.3 is 24.4 Å². The number of hydrogen-bond acceptors (Lipinski definition) is 5. The van der Waals surface area contributed by atoms with E-state index in [0.717, 1.165) is 0 Å². The van der Waals surface area contributed by atoms with Gasteiger partial charge in [0.1, 0.15) is 0 Å². The van der Waals surface area contributed by atoms with E-state index in [1.54, 1.807) is 19.9 Å². The normalized spacial score (nSPS) is 30.2. The molecule has 0 bridgehead atoms. The predicted molar refractivity (Wildman–Crippen MR) is 62.3 cm³/mol. The van der Waals surface area contributed by atoms with Crippen molar-refractivity contribution >= 4 is 0 Å². The van der Waals surface area contributed by atoms with E-state index in [1.165, 1.54) is 0 Å². The molecule has 1 saturated heterocycles. The number of ether oxygens (including phenoxy) is 3. The minimum absolute atomic E-state index is 0.231. The van der Waals surface area contributed by atoms with Crippen molar-refractivity contribution in [3.63, 3.8) is 0 Å². The smallest absolute Gasteiger partial charge is 0.160 e. The van der Waals surface area contributed by atoms with Crippen LogP contribution in [0.3, 0.4) is 0 Å². The van der Waals surface area contributed by atoms with Gasteiger partial charge in [0.25, 0.3) is 0 Å². The van der Waals surface area contributed by atoms with E-state index in [-0.39, 0.29) is 12.7 Å². The van der Waals surface area contributed by atoms with Crippen LogP contribution in [0.1, 0.15) is 26.7 Å². The van der Waals surface area contributed by atoms with Crippen LogP contribution >= 0.6 is 0 Å². The van der Waals surface area contributed by atoms with Gasteiger partial charge in [-0.25, -0.2) is 0 Å². The maximum absolute atomic E-state index is 9.67. The van der Waals surface area contributed by atoms with Crippen molar-refractivity contribution in [2.24, 2.45) is 0 Å². The van der Waals surface area contributed by atoms with E-state index in [1.807, 2.05) is 0 Å². The topological polar surface area (TPSA) is 68.2 Å². The molecule has 1 aliphatic heterocycles. The van der Waals surface area contributed by atoms with Gasteiger partial charge in [0.2, 0.25) is 0 Å². The first-order chi connectivity index (χ1) is 7.90. The second-order valence-corrected chi connectivity index (χ2v) is 4.69. The van der Waals surface area contributed by atoms with Crippen LogP contribution in [0.5, 0.6) is 0 Å². The lowest BCUT2D eigenvalue weighted by Gasteiger charge is -2.33. The first kappa shape index (κ1) is 14.6. The molecule has 0 amide bonds. The molecule has 100 valence electrons. The lowest BCUT2D eigenvalue weighted by molar-refractivity contribution is -0.248. The molecule has 0 aliphatic carbocycles. The summed E-state index contributed by atoms with van der Waals surface area (Å²) in [7, 11) is 0. The molecule has 0 spiro atoms. The molecule has 2 unspecified atom stereocenters. The van der Waals surface area contributed by atoms with E-state index in [4.69, 9.17) is 14.2 Å². The van der Waals surface area contributed by atoms with Gasteiger partial charge in [-0.1, -0.05) is 6.08 Å². The van der Waals surface area contributed by atoms with Crippen molar-refractivity contribution in [2.75, 3.05) is 13.2 Å². The highest BCUT2D eigenvalue weighted by molar-refractivity contribution is 4.75. The molecular weight excluding hydrogens is 224 g/mol. The standard InChI is InChI=1S/C12H22O5/c1-4-5-15-11-7-9(13)6-10(17-11)8-16-12(2,3)14/h4,9-11,13-14H,1,5-8H2,2-3H3/t9-,10?,11?/m0/s1. The van der Waals surface area contributed by atoms with Crippen LogP contribution in [0, 0.1) is 0 Å². The van der Waals surface area contributed by atoms with Gasteiger partial charge in [-0.05, 0) is 13.8 Å². The molecule has 1 aliphatic rings. The molecule has 5 nitrogen and oxygen atoms in total. The summed E-state index contributed by atoms with van der Waals surface area (Å²) in [5.74, 6) is -1.19.